The lowest BCUT2D eigenvalue weighted by Gasteiger charge is -2.13. The van der Waals surface area contributed by atoms with Gasteiger partial charge in [-0.25, -0.2) is 0 Å². The third-order valence-electron chi connectivity index (χ3n) is 5.24. The first kappa shape index (κ1) is 23.7. The summed E-state index contributed by atoms with van der Waals surface area (Å²) in [4.78, 5) is 12.5. The summed E-state index contributed by atoms with van der Waals surface area (Å²) in [5, 5.41) is 14.6. The van der Waals surface area contributed by atoms with Crippen LogP contribution in [0.15, 0.2) is 99.4 Å². The van der Waals surface area contributed by atoms with Gasteiger partial charge >= 0.3 is 0 Å². The van der Waals surface area contributed by atoms with Gasteiger partial charge in [-0.3, -0.25) is 4.79 Å². The number of carbonyl (C=O) groups is 1. The number of hydrogen-bond donors (Lipinski definition) is 1. The van der Waals surface area contributed by atoms with Gasteiger partial charge in [-0.1, -0.05) is 72.8 Å². The van der Waals surface area contributed by atoms with Crippen molar-refractivity contribution < 1.29 is 9.53 Å². The van der Waals surface area contributed by atoms with Gasteiger partial charge in [0.05, 0.1) is 8.95 Å². The zero-order valence-corrected chi connectivity index (χ0v) is 21.3. The van der Waals surface area contributed by atoms with E-state index in [2.05, 4.69) is 61.4 Å². The van der Waals surface area contributed by atoms with Crippen LogP contribution in [0.3, 0.4) is 0 Å². The van der Waals surface area contributed by atoms with E-state index < -0.39 is 5.91 Å². The molecular formula is C28H20Br2N2O2. The maximum Gasteiger partial charge on any atom is 0.262 e. The normalized spacial score (nSPS) is 11.1. The molecule has 0 spiro atoms. The summed E-state index contributed by atoms with van der Waals surface area (Å²) in [6, 6.07) is 29.5. The molecule has 0 atom stereocenters. The molecule has 4 nitrogen and oxygen atoms in total. The van der Waals surface area contributed by atoms with Crippen molar-refractivity contribution in [2.45, 2.75) is 13.2 Å². The monoisotopic (exact) mass is 574 g/mol. The first-order valence-corrected chi connectivity index (χ1v) is 12.2. The molecule has 0 heterocycles. The van der Waals surface area contributed by atoms with Gasteiger partial charge in [0.15, 0.2) is 0 Å². The van der Waals surface area contributed by atoms with Crippen molar-refractivity contribution in [2.75, 3.05) is 0 Å². The summed E-state index contributed by atoms with van der Waals surface area (Å²) in [7, 11) is 0. The molecule has 0 aliphatic rings. The van der Waals surface area contributed by atoms with Crippen molar-refractivity contribution >= 4 is 54.6 Å². The van der Waals surface area contributed by atoms with Crippen molar-refractivity contribution in [2.24, 2.45) is 0 Å². The molecule has 1 N–H and O–H groups in total. The maximum atomic E-state index is 12.5. The Morgan fingerprint density at radius 1 is 0.941 bits per heavy atom. The highest BCUT2D eigenvalue weighted by Gasteiger charge is 2.13. The Labute approximate surface area is 215 Å². The van der Waals surface area contributed by atoms with E-state index in [4.69, 9.17) is 4.74 Å². The fourth-order valence-corrected chi connectivity index (χ4v) is 5.01. The Bertz CT molecular complexity index is 1380. The number of ether oxygens (including phenoxy) is 1. The number of nitrogens with zero attached hydrogens (tertiary/aromatic N) is 1. The lowest BCUT2D eigenvalue weighted by molar-refractivity contribution is -0.117. The summed E-state index contributed by atoms with van der Waals surface area (Å²) in [6.07, 6.45) is 1.56. The molecule has 6 heteroatoms. The van der Waals surface area contributed by atoms with Gasteiger partial charge in [0, 0.05) is 6.54 Å². The van der Waals surface area contributed by atoms with E-state index in [1.165, 1.54) is 0 Å². The molecule has 0 saturated carbocycles. The van der Waals surface area contributed by atoms with Crippen LogP contribution in [-0.2, 0) is 17.9 Å². The zero-order chi connectivity index (χ0) is 23.9. The number of nitriles is 1. The first-order chi connectivity index (χ1) is 16.5. The molecule has 0 fully saturated rings. The van der Waals surface area contributed by atoms with Crippen molar-refractivity contribution in [1.82, 2.24) is 5.32 Å². The quantitative estimate of drug-likeness (QED) is 0.188. The van der Waals surface area contributed by atoms with Crippen molar-refractivity contribution in [3.8, 4) is 11.8 Å². The fraction of sp³-hybridized carbons (Fsp3) is 0.0714. The van der Waals surface area contributed by atoms with Crippen molar-refractivity contribution in [3.63, 3.8) is 0 Å². The minimum absolute atomic E-state index is 0.0270. The summed E-state index contributed by atoms with van der Waals surface area (Å²) in [6.45, 7) is 0.756. The minimum Gasteiger partial charge on any atom is -0.487 e. The number of carbonyl (C=O) groups excluding carboxylic acids is 1. The molecule has 1 amide bonds. The largest absolute Gasteiger partial charge is 0.487 e. The van der Waals surface area contributed by atoms with E-state index >= 15 is 0 Å². The third kappa shape index (κ3) is 5.74. The Balaban J connectivity index is 1.49. The molecule has 0 radical (unpaired) electrons. The standard InChI is InChI=1S/C28H20Br2N2O2/c29-25-14-20(13-23(16-31)28(33)32-17-19-7-2-1-3-8-19)15-26(30)27(25)34-18-22-11-6-10-21-9-4-5-12-24(21)22/h1-15H,17-18H2,(H,32,33)/b23-13-. The molecule has 4 aromatic rings. The maximum absolute atomic E-state index is 12.5. The van der Waals surface area contributed by atoms with Gasteiger partial charge in [0.2, 0.25) is 0 Å². The molecule has 0 unspecified atom stereocenters. The summed E-state index contributed by atoms with van der Waals surface area (Å²) >= 11 is 7.13. The number of benzene rings is 4. The first-order valence-electron chi connectivity index (χ1n) is 10.6. The van der Waals surface area contributed by atoms with Crippen molar-refractivity contribution in [1.29, 1.82) is 5.26 Å². The predicted octanol–water partition coefficient (Wildman–Crippen LogP) is 7.17. The molecule has 0 aromatic heterocycles. The highest BCUT2D eigenvalue weighted by molar-refractivity contribution is 9.11. The van der Waals surface area contributed by atoms with E-state index in [1.807, 2.05) is 66.7 Å². The van der Waals surface area contributed by atoms with Crippen LogP contribution in [0.5, 0.6) is 5.75 Å². The van der Waals surface area contributed by atoms with Crippen LogP contribution in [0, 0.1) is 11.3 Å². The number of nitrogens with one attached hydrogen (secondary N) is 1. The van der Waals surface area contributed by atoms with E-state index in [9.17, 15) is 10.1 Å². The van der Waals surface area contributed by atoms with Gasteiger partial charge in [-0.05, 0) is 77.5 Å². The van der Waals surface area contributed by atoms with Gasteiger partial charge in [-0.2, -0.15) is 5.26 Å². The zero-order valence-electron chi connectivity index (χ0n) is 18.1. The molecule has 168 valence electrons. The average molecular weight is 576 g/mol. The topological polar surface area (TPSA) is 62.1 Å². The summed E-state index contributed by atoms with van der Waals surface area (Å²) in [5.41, 5.74) is 2.77. The Morgan fingerprint density at radius 3 is 2.35 bits per heavy atom. The smallest absolute Gasteiger partial charge is 0.262 e. The highest BCUT2D eigenvalue weighted by atomic mass is 79.9. The van der Waals surface area contributed by atoms with E-state index in [0.29, 0.717) is 24.5 Å². The molecule has 4 rings (SSSR count). The number of fused-ring (bicyclic) bond motifs is 1. The fourth-order valence-electron chi connectivity index (χ4n) is 3.56. The van der Waals surface area contributed by atoms with E-state index in [1.54, 1.807) is 6.08 Å². The lowest BCUT2D eigenvalue weighted by atomic mass is 10.1. The van der Waals surface area contributed by atoms with Crippen LogP contribution in [0.1, 0.15) is 16.7 Å². The minimum atomic E-state index is -0.421. The van der Waals surface area contributed by atoms with Crippen LogP contribution in [0.25, 0.3) is 16.8 Å². The third-order valence-corrected chi connectivity index (χ3v) is 6.42. The van der Waals surface area contributed by atoms with Crippen LogP contribution in [0.2, 0.25) is 0 Å². The number of halogens is 2. The number of rotatable bonds is 7. The molecule has 34 heavy (non-hydrogen) atoms. The second-order valence-electron chi connectivity index (χ2n) is 7.58. The number of amides is 1. The second-order valence-corrected chi connectivity index (χ2v) is 9.29. The molecule has 0 aliphatic carbocycles. The molecule has 4 aromatic carbocycles. The lowest BCUT2D eigenvalue weighted by Crippen LogP contribution is -2.23. The molecule has 0 aliphatic heterocycles. The van der Waals surface area contributed by atoms with Crippen LogP contribution in [-0.4, -0.2) is 5.91 Å². The van der Waals surface area contributed by atoms with Gasteiger partial charge in [0.1, 0.15) is 24.0 Å². The van der Waals surface area contributed by atoms with Crippen molar-refractivity contribution in [3.05, 3.63) is 116 Å². The Hall–Kier alpha value is -3.40. The molecular weight excluding hydrogens is 556 g/mol. The SMILES string of the molecule is N#C/C(=C/c1cc(Br)c(OCc2cccc3ccccc23)c(Br)c1)C(=O)NCc1ccccc1. The van der Waals surface area contributed by atoms with Crippen LogP contribution >= 0.6 is 31.9 Å². The van der Waals surface area contributed by atoms with Gasteiger partial charge in [-0.15, -0.1) is 0 Å². The summed E-state index contributed by atoms with van der Waals surface area (Å²) in [5.74, 6) is 0.229. The number of hydrogen-bond acceptors (Lipinski definition) is 3. The van der Waals surface area contributed by atoms with Crippen LogP contribution in [0.4, 0.5) is 0 Å². The van der Waals surface area contributed by atoms with Crippen LogP contribution < -0.4 is 10.1 Å². The Morgan fingerprint density at radius 2 is 1.62 bits per heavy atom. The average Bonchev–Trinajstić information content (AvgIpc) is 2.86. The Kier molecular flexibility index (Phi) is 7.79. The second kappa shape index (κ2) is 11.1. The molecule has 0 bridgehead atoms. The van der Waals surface area contributed by atoms with Gasteiger partial charge in [0.25, 0.3) is 5.91 Å². The van der Waals surface area contributed by atoms with Gasteiger partial charge < -0.3 is 10.1 Å². The highest BCUT2D eigenvalue weighted by Crippen LogP contribution is 2.36. The molecule has 0 saturated heterocycles. The summed E-state index contributed by atoms with van der Waals surface area (Å²) < 4.78 is 7.56. The predicted molar refractivity (Wildman–Crippen MR) is 142 cm³/mol. The van der Waals surface area contributed by atoms with E-state index in [-0.39, 0.29) is 5.57 Å². The van der Waals surface area contributed by atoms with E-state index in [0.717, 1.165) is 30.8 Å².